The molecule has 4 heterocycles. The van der Waals surface area contributed by atoms with Gasteiger partial charge in [0.15, 0.2) is 17.5 Å². The molecule has 12 nitrogen and oxygen atoms in total. The van der Waals surface area contributed by atoms with Gasteiger partial charge in [0.2, 0.25) is 5.91 Å². The number of piperazine rings is 1. The number of fused-ring (bicyclic) bond motifs is 1. The summed E-state index contributed by atoms with van der Waals surface area (Å²) in [5, 5.41) is 7.15. The van der Waals surface area contributed by atoms with Gasteiger partial charge < -0.3 is 28.9 Å². The smallest absolute Gasteiger partial charge is 0.291 e. The Morgan fingerprint density at radius 2 is 1.62 bits per heavy atom. The third-order valence-electron chi connectivity index (χ3n) is 10.8. The van der Waals surface area contributed by atoms with Crippen molar-refractivity contribution in [1.82, 2.24) is 29.1 Å². The molecule has 0 spiro atoms. The number of aromatic nitrogens is 4. The molecule has 7 rings (SSSR count). The third kappa shape index (κ3) is 6.47. The number of carbonyl (C=O) groups is 3. The summed E-state index contributed by atoms with van der Waals surface area (Å²) in [6.07, 6.45) is 2.80. The van der Waals surface area contributed by atoms with Crippen LogP contribution in [0.1, 0.15) is 26.7 Å². The summed E-state index contributed by atoms with van der Waals surface area (Å²) in [4.78, 5) is 47.6. The fourth-order valence-corrected chi connectivity index (χ4v) is 8.19. The lowest BCUT2D eigenvalue weighted by atomic mass is 10.0. The zero-order chi connectivity index (χ0) is 37.1. The van der Waals surface area contributed by atoms with Gasteiger partial charge in [-0.25, -0.2) is 13.8 Å². The molecule has 2 aliphatic heterocycles. The molecular weight excluding hydrogens is 694 g/mol. The maximum absolute atomic E-state index is 15.5. The number of ether oxygens (including phenoxy) is 1. The number of halogens is 3. The second-order valence-electron chi connectivity index (χ2n) is 14.6. The predicted octanol–water partition coefficient (Wildman–Crippen LogP) is 4.33. The van der Waals surface area contributed by atoms with Crippen molar-refractivity contribution in [1.29, 1.82) is 0 Å². The number of hydrogen-bond donors (Lipinski definition) is 1. The van der Waals surface area contributed by atoms with Gasteiger partial charge in [-0.1, -0.05) is 17.7 Å². The summed E-state index contributed by atoms with van der Waals surface area (Å²) in [5.74, 6) is -1.73. The van der Waals surface area contributed by atoms with E-state index < -0.39 is 17.5 Å². The molecule has 52 heavy (non-hydrogen) atoms. The first kappa shape index (κ1) is 35.7. The molecular formula is C37H42ClF2N8O4+. The van der Waals surface area contributed by atoms with E-state index in [0.29, 0.717) is 68.1 Å². The highest BCUT2D eigenvalue weighted by Crippen LogP contribution is 2.54. The Kier molecular flexibility index (Phi) is 9.42. The minimum Gasteiger partial charge on any atom is -0.383 e. The largest absolute Gasteiger partial charge is 0.383 e. The molecule has 3 fully saturated rings. The average molecular weight is 736 g/mol. The minimum absolute atomic E-state index is 0.0459. The Morgan fingerprint density at radius 1 is 0.962 bits per heavy atom. The quantitative estimate of drug-likeness (QED) is 0.256. The monoisotopic (exact) mass is 735 g/mol. The molecule has 2 saturated heterocycles. The first-order valence-electron chi connectivity index (χ1n) is 17.3. The highest BCUT2D eigenvalue weighted by molar-refractivity contribution is 6.34. The second-order valence-corrected chi connectivity index (χ2v) is 15.0. The standard InChI is InChI=1S/C37H41ClF2N8O4/c1-21-26(17-42-47(21)14-15-52-5)23-8-9-25(33(40)32(23)39)30-18-41-34(44(30)2)35(49)43-22-6-7-24(29(38)16-22)36(50)45-10-12-46(13-11-45)37(51)31-27-19-48(3,4)20-28(27)31/h6-9,16-18,27-28,31H,10-15,19-20H2,1-5H3/p+1/t27-,28+,31?. The van der Waals surface area contributed by atoms with Crippen LogP contribution in [0.15, 0.2) is 42.7 Å². The van der Waals surface area contributed by atoms with Crippen LogP contribution in [0, 0.1) is 36.3 Å². The lowest BCUT2D eigenvalue weighted by Gasteiger charge is -2.36. The molecule has 3 aliphatic rings. The van der Waals surface area contributed by atoms with Gasteiger partial charge in [0, 0.05) is 80.2 Å². The Morgan fingerprint density at radius 3 is 2.29 bits per heavy atom. The van der Waals surface area contributed by atoms with E-state index in [4.69, 9.17) is 16.3 Å². The highest BCUT2D eigenvalue weighted by atomic mass is 35.5. The summed E-state index contributed by atoms with van der Waals surface area (Å²) in [5.41, 5.74) is 1.95. The van der Waals surface area contributed by atoms with Gasteiger partial charge in [0.25, 0.3) is 11.8 Å². The molecule has 1 aliphatic carbocycles. The zero-order valence-corrected chi connectivity index (χ0v) is 30.6. The van der Waals surface area contributed by atoms with Gasteiger partial charge in [-0.3, -0.25) is 19.1 Å². The van der Waals surface area contributed by atoms with Crippen molar-refractivity contribution < 1.29 is 32.4 Å². The van der Waals surface area contributed by atoms with Crippen LogP contribution in [0.25, 0.3) is 22.4 Å². The van der Waals surface area contributed by atoms with Crippen molar-refractivity contribution in [2.24, 2.45) is 24.8 Å². The fraction of sp³-hybridized carbons (Fsp3) is 0.432. The predicted molar refractivity (Wildman–Crippen MR) is 191 cm³/mol. The number of piperidine rings is 1. The normalized spacial score (nSPS) is 20.6. The van der Waals surface area contributed by atoms with E-state index in [9.17, 15) is 14.4 Å². The summed E-state index contributed by atoms with van der Waals surface area (Å²) < 4.78 is 40.1. The number of methoxy groups -OCH3 is 1. The number of likely N-dealkylation sites (tertiary alicyclic amines) is 1. The summed E-state index contributed by atoms with van der Waals surface area (Å²) in [6, 6.07) is 7.53. The van der Waals surface area contributed by atoms with Gasteiger partial charge in [0.05, 0.1) is 74.9 Å². The number of quaternary nitrogens is 1. The van der Waals surface area contributed by atoms with E-state index in [1.54, 1.807) is 35.7 Å². The number of carbonyl (C=O) groups excluding carboxylic acids is 3. The molecule has 4 aromatic rings. The van der Waals surface area contributed by atoms with E-state index in [1.165, 1.54) is 42.2 Å². The molecule has 1 N–H and O–H groups in total. The Labute approximate surface area is 305 Å². The van der Waals surface area contributed by atoms with Gasteiger partial charge in [0.1, 0.15) is 0 Å². The number of nitrogens with one attached hydrogen (secondary N) is 1. The minimum atomic E-state index is -1.08. The third-order valence-corrected chi connectivity index (χ3v) is 11.1. The molecule has 0 bridgehead atoms. The van der Waals surface area contributed by atoms with Crippen molar-refractivity contribution in [3.05, 3.63) is 76.5 Å². The van der Waals surface area contributed by atoms with E-state index in [-0.39, 0.29) is 51.0 Å². The first-order valence-corrected chi connectivity index (χ1v) is 17.7. The molecule has 0 radical (unpaired) electrons. The number of benzene rings is 2. The molecule has 1 unspecified atom stereocenters. The van der Waals surface area contributed by atoms with Gasteiger partial charge in [-0.05, 0) is 31.2 Å². The average Bonchev–Trinajstić information content (AvgIpc) is 3.36. The van der Waals surface area contributed by atoms with Crippen molar-refractivity contribution in [3.8, 4) is 22.4 Å². The van der Waals surface area contributed by atoms with Crippen molar-refractivity contribution in [3.63, 3.8) is 0 Å². The van der Waals surface area contributed by atoms with Gasteiger partial charge in [-0.15, -0.1) is 0 Å². The molecule has 15 heteroatoms. The number of hydrogen-bond acceptors (Lipinski definition) is 6. The number of nitrogens with zero attached hydrogens (tertiary/aromatic N) is 7. The summed E-state index contributed by atoms with van der Waals surface area (Å²) >= 11 is 6.54. The van der Waals surface area contributed by atoms with E-state index >= 15 is 8.78 Å². The van der Waals surface area contributed by atoms with E-state index in [2.05, 4.69) is 29.5 Å². The SMILES string of the molecule is COCCn1ncc(-c2ccc(-c3cnc(C(=O)Nc4ccc(C(=O)N5CCN(C(=O)C6[C@H]7C[N+](C)(C)C[C@@H]67)CC5)c(Cl)c4)n3C)c(F)c2F)c1C. The molecule has 2 aromatic heterocycles. The van der Waals surface area contributed by atoms with Crippen molar-refractivity contribution >= 4 is 35.0 Å². The summed E-state index contributed by atoms with van der Waals surface area (Å²) in [6.45, 7) is 6.55. The van der Waals surface area contributed by atoms with Gasteiger partial charge >= 0.3 is 0 Å². The van der Waals surface area contributed by atoms with Crippen LogP contribution in [0.2, 0.25) is 5.02 Å². The molecule has 274 valence electrons. The number of amides is 3. The maximum atomic E-state index is 15.5. The van der Waals surface area contributed by atoms with Crippen LogP contribution >= 0.6 is 11.6 Å². The lowest BCUT2D eigenvalue weighted by Crippen LogP contribution is -2.52. The van der Waals surface area contributed by atoms with Crippen LogP contribution in [-0.2, 0) is 23.1 Å². The van der Waals surface area contributed by atoms with Crippen molar-refractivity contribution in [2.75, 3.05) is 72.4 Å². The van der Waals surface area contributed by atoms with Crippen LogP contribution in [0.4, 0.5) is 14.5 Å². The number of anilines is 1. The molecule has 1 saturated carbocycles. The van der Waals surface area contributed by atoms with Gasteiger partial charge in [-0.2, -0.15) is 5.10 Å². The highest BCUT2D eigenvalue weighted by Gasteiger charge is 2.64. The topological polar surface area (TPSA) is 115 Å². The van der Waals surface area contributed by atoms with Crippen LogP contribution in [0.3, 0.4) is 0 Å². The number of rotatable bonds is 9. The Bertz CT molecular complexity index is 2060. The zero-order valence-electron chi connectivity index (χ0n) is 29.8. The van der Waals surface area contributed by atoms with Crippen LogP contribution in [0.5, 0.6) is 0 Å². The maximum Gasteiger partial charge on any atom is 0.291 e. The fourth-order valence-electron chi connectivity index (χ4n) is 7.93. The first-order chi connectivity index (χ1) is 24.8. The Balaban J connectivity index is 0.980. The van der Waals surface area contributed by atoms with Crippen molar-refractivity contribution in [2.45, 2.75) is 13.5 Å². The summed E-state index contributed by atoms with van der Waals surface area (Å²) in [7, 11) is 7.52. The second kappa shape index (κ2) is 13.7. The Hall–Kier alpha value is -4.66. The van der Waals surface area contributed by atoms with E-state index in [0.717, 1.165) is 17.6 Å². The van der Waals surface area contributed by atoms with Crippen LogP contribution < -0.4 is 5.32 Å². The molecule has 2 aromatic carbocycles. The lowest BCUT2D eigenvalue weighted by molar-refractivity contribution is -0.883. The van der Waals surface area contributed by atoms with Crippen LogP contribution in [-0.4, -0.2) is 118 Å². The molecule has 3 atom stereocenters. The number of imidazole rings is 1. The van der Waals surface area contributed by atoms with E-state index in [1.807, 2.05) is 4.90 Å². The molecule has 3 amide bonds.